The molecule has 0 saturated carbocycles. The maximum atomic E-state index is 13.7. The van der Waals surface area contributed by atoms with Crippen molar-refractivity contribution in [3.05, 3.63) is 72.1 Å². The summed E-state index contributed by atoms with van der Waals surface area (Å²) in [6, 6.07) is 9.36. The highest BCUT2D eigenvalue weighted by Gasteiger charge is 2.18. The molecule has 3 rings (SSSR count). The van der Waals surface area contributed by atoms with E-state index in [2.05, 4.69) is 20.0 Å². The fourth-order valence-electron chi connectivity index (χ4n) is 2.33. The topological polar surface area (TPSA) is 110 Å². The summed E-state index contributed by atoms with van der Waals surface area (Å²) in [5.74, 6) is -2.83. The lowest BCUT2D eigenvalue weighted by Gasteiger charge is -2.10. The number of amides is 1. The van der Waals surface area contributed by atoms with Gasteiger partial charge in [0, 0.05) is 11.8 Å². The molecule has 0 radical (unpaired) electrons. The van der Waals surface area contributed by atoms with Gasteiger partial charge in [0.15, 0.2) is 0 Å². The minimum absolute atomic E-state index is 0.00394. The van der Waals surface area contributed by atoms with Crippen LogP contribution in [0.1, 0.15) is 10.4 Å². The molecule has 1 heterocycles. The number of rotatable bonds is 6. The van der Waals surface area contributed by atoms with E-state index in [9.17, 15) is 22.0 Å². The van der Waals surface area contributed by atoms with Gasteiger partial charge in [-0.25, -0.2) is 27.2 Å². The zero-order chi connectivity index (χ0) is 21.0. The number of sulfonamides is 1. The fourth-order valence-corrected chi connectivity index (χ4v) is 3.33. The van der Waals surface area contributed by atoms with Crippen LogP contribution in [0.15, 0.2) is 59.8 Å². The number of anilines is 2. The van der Waals surface area contributed by atoms with Gasteiger partial charge in [0.2, 0.25) is 5.88 Å². The third-order valence-electron chi connectivity index (χ3n) is 3.70. The van der Waals surface area contributed by atoms with Gasteiger partial charge in [0.25, 0.3) is 15.9 Å². The van der Waals surface area contributed by atoms with E-state index < -0.39 is 33.1 Å². The van der Waals surface area contributed by atoms with Crippen LogP contribution in [0.4, 0.5) is 20.3 Å². The number of benzene rings is 2. The Bertz CT molecular complexity index is 1130. The lowest BCUT2D eigenvalue weighted by Crippen LogP contribution is -2.16. The summed E-state index contributed by atoms with van der Waals surface area (Å²) in [4.78, 5) is 19.5. The van der Waals surface area contributed by atoms with Gasteiger partial charge < -0.3 is 10.1 Å². The first kappa shape index (κ1) is 20.1. The molecule has 0 unspecified atom stereocenters. The summed E-state index contributed by atoms with van der Waals surface area (Å²) >= 11 is 0. The molecule has 3 aromatic rings. The summed E-state index contributed by atoms with van der Waals surface area (Å²) in [7, 11) is -2.60. The molecule has 29 heavy (non-hydrogen) atoms. The first-order valence-corrected chi connectivity index (χ1v) is 9.53. The molecule has 1 aromatic heterocycles. The predicted molar refractivity (Wildman–Crippen MR) is 100 cm³/mol. The van der Waals surface area contributed by atoms with Crippen LogP contribution in [0.5, 0.6) is 5.88 Å². The Morgan fingerprint density at radius 2 is 1.69 bits per heavy atom. The van der Waals surface area contributed by atoms with E-state index in [-0.39, 0.29) is 22.3 Å². The number of hydrogen-bond acceptors (Lipinski definition) is 6. The Labute approximate surface area is 164 Å². The SMILES string of the molecule is COc1cc(NS(=O)(=O)c2ccc(NC(=O)c3c(F)cccc3F)cc2)ncn1. The summed E-state index contributed by atoms with van der Waals surface area (Å²) in [6.07, 6.45) is 1.14. The van der Waals surface area contributed by atoms with Crippen molar-refractivity contribution in [1.82, 2.24) is 9.97 Å². The summed E-state index contributed by atoms with van der Waals surface area (Å²) in [6.45, 7) is 0. The van der Waals surface area contributed by atoms with Crippen molar-refractivity contribution in [2.24, 2.45) is 0 Å². The van der Waals surface area contributed by atoms with Crippen LogP contribution in [0.3, 0.4) is 0 Å². The molecule has 0 saturated heterocycles. The maximum Gasteiger partial charge on any atom is 0.263 e. The van der Waals surface area contributed by atoms with Crippen LogP contribution in [-0.4, -0.2) is 31.4 Å². The lowest BCUT2D eigenvalue weighted by atomic mass is 10.2. The molecule has 8 nitrogen and oxygen atoms in total. The van der Waals surface area contributed by atoms with Gasteiger partial charge in [-0.1, -0.05) is 6.07 Å². The number of methoxy groups -OCH3 is 1. The average Bonchev–Trinajstić information content (AvgIpc) is 2.68. The highest BCUT2D eigenvalue weighted by Crippen LogP contribution is 2.20. The normalized spacial score (nSPS) is 11.0. The molecule has 0 atom stereocenters. The molecule has 150 valence electrons. The summed E-state index contributed by atoms with van der Waals surface area (Å²) < 4.78 is 59.4. The number of carbonyl (C=O) groups is 1. The number of hydrogen-bond donors (Lipinski definition) is 2. The van der Waals surface area contributed by atoms with Gasteiger partial charge in [-0.2, -0.15) is 0 Å². The first-order valence-electron chi connectivity index (χ1n) is 8.04. The predicted octanol–water partition coefficient (Wildman–Crippen LogP) is 2.82. The van der Waals surface area contributed by atoms with Crippen molar-refractivity contribution >= 4 is 27.4 Å². The Morgan fingerprint density at radius 3 is 2.31 bits per heavy atom. The third kappa shape index (κ3) is 4.63. The Morgan fingerprint density at radius 1 is 1.03 bits per heavy atom. The number of ether oxygens (including phenoxy) is 1. The standard InChI is InChI=1S/C18H14F2N4O4S/c1-28-16-9-15(21-10-22-16)24-29(26,27)12-7-5-11(6-8-12)23-18(25)17-13(19)3-2-4-14(17)20/h2-10H,1H3,(H,23,25)(H,21,22,24). The summed E-state index contributed by atoms with van der Waals surface area (Å²) in [5.41, 5.74) is -0.580. The Hall–Kier alpha value is -3.60. The molecule has 0 fully saturated rings. The molecule has 1 amide bonds. The van der Waals surface area contributed by atoms with Crippen LogP contribution in [0.2, 0.25) is 0 Å². The highest BCUT2D eigenvalue weighted by molar-refractivity contribution is 7.92. The smallest absolute Gasteiger partial charge is 0.263 e. The van der Waals surface area contributed by atoms with E-state index in [1.165, 1.54) is 37.4 Å². The summed E-state index contributed by atoms with van der Waals surface area (Å²) in [5, 5.41) is 2.31. The molecular weight excluding hydrogens is 406 g/mol. The maximum absolute atomic E-state index is 13.7. The zero-order valence-electron chi connectivity index (χ0n) is 14.9. The second-order valence-electron chi connectivity index (χ2n) is 5.63. The second-order valence-corrected chi connectivity index (χ2v) is 7.31. The molecule has 0 aliphatic rings. The molecule has 2 N–H and O–H groups in total. The molecular formula is C18H14F2N4O4S. The van der Waals surface area contributed by atoms with Crippen LogP contribution in [0.25, 0.3) is 0 Å². The van der Waals surface area contributed by atoms with E-state index >= 15 is 0 Å². The average molecular weight is 420 g/mol. The van der Waals surface area contributed by atoms with Gasteiger partial charge >= 0.3 is 0 Å². The van der Waals surface area contributed by atoms with Crippen LogP contribution >= 0.6 is 0 Å². The molecule has 0 spiro atoms. The van der Waals surface area contributed by atoms with Gasteiger partial charge in [-0.05, 0) is 36.4 Å². The van der Waals surface area contributed by atoms with Gasteiger partial charge in [-0.3, -0.25) is 9.52 Å². The number of halogens is 2. The first-order chi connectivity index (χ1) is 13.8. The van der Waals surface area contributed by atoms with E-state index in [1.807, 2.05) is 0 Å². The number of nitrogens with zero attached hydrogens (tertiary/aromatic N) is 2. The largest absolute Gasteiger partial charge is 0.481 e. The van der Waals surface area contributed by atoms with Gasteiger partial charge in [0.05, 0.1) is 12.0 Å². The van der Waals surface area contributed by atoms with Crippen molar-refractivity contribution in [2.75, 3.05) is 17.1 Å². The lowest BCUT2D eigenvalue weighted by molar-refractivity contribution is 0.101. The van der Waals surface area contributed by atoms with Crippen molar-refractivity contribution in [2.45, 2.75) is 4.90 Å². The number of aromatic nitrogens is 2. The quantitative estimate of drug-likeness (QED) is 0.635. The van der Waals surface area contributed by atoms with Gasteiger partial charge in [0.1, 0.15) is 29.3 Å². The van der Waals surface area contributed by atoms with Crippen molar-refractivity contribution in [3.63, 3.8) is 0 Å². The Kier molecular flexibility index (Phi) is 5.69. The monoisotopic (exact) mass is 420 g/mol. The van der Waals surface area contributed by atoms with Crippen LogP contribution in [0, 0.1) is 11.6 Å². The van der Waals surface area contributed by atoms with E-state index in [0.717, 1.165) is 24.5 Å². The van der Waals surface area contributed by atoms with Crippen molar-refractivity contribution < 1.29 is 26.7 Å². The fraction of sp³-hybridized carbons (Fsp3) is 0.0556. The number of carbonyl (C=O) groups excluding carboxylic acids is 1. The van der Waals surface area contributed by atoms with E-state index in [0.29, 0.717) is 0 Å². The van der Waals surface area contributed by atoms with Crippen molar-refractivity contribution in [1.29, 1.82) is 0 Å². The minimum atomic E-state index is -3.98. The van der Waals surface area contributed by atoms with Crippen molar-refractivity contribution in [3.8, 4) is 5.88 Å². The Balaban J connectivity index is 1.76. The number of nitrogens with one attached hydrogen (secondary N) is 2. The zero-order valence-corrected chi connectivity index (χ0v) is 15.7. The van der Waals surface area contributed by atoms with Crippen LogP contribution < -0.4 is 14.8 Å². The molecule has 0 aliphatic carbocycles. The molecule has 11 heteroatoms. The second kappa shape index (κ2) is 8.19. The molecule has 2 aromatic carbocycles. The van der Waals surface area contributed by atoms with E-state index in [1.54, 1.807) is 0 Å². The minimum Gasteiger partial charge on any atom is -0.481 e. The van der Waals surface area contributed by atoms with Crippen LogP contribution in [-0.2, 0) is 10.0 Å². The molecule has 0 bridgehead atoms. The van der Waals surface area contributed by atoms with E-state index in [4.69, 9.17) is 4.74 Å². The molecule has 0 aliphatic heterocycles. The van der Waals surface area contributed by atoms with Gasteiger partial charge in [-0.15, -0.1) is 0 Å². The third-order valence-corrected chi connectivity index (χ3v) is 5.07. The highest BCUT2D eigenvalue weighted by atomic mass is 32.2.